The van der Waals surface area contributed by atoms with Gasteiger partial charge in [-0.3, -0.25) is 0 Å². The van der Waals surface area contributed by atoms with E-state index in [0.717, 1.165) is 12.0 Å². The molecule has 1 aromatic heterocycles. The molecule has 3 rings (SSSR count). The molecular formula is C15H18N2O2S2. The van der Waals surface area contributed by atoms with Crippen LogP contribution in [0.25, 0.3) is 0 Å². The third-order valence-electron chi connectivity index (χ3n) is 3.64. The highest BCUT2D eigenvalue weighted by molar-refractivity contribution is 7.89. The molecule has 1 aliphatic heterocycles. The van der Waals surface area contributed by atoms with Crippen LogP contribution in [-0.2, 0) is 23.0 Å². The molecule has 0 aliphatic carbocycles. The van der Waals surface area contributed by atoms with Crippen LogP contribution in [0.1, 0.15) is 17.4 Å². The number of hydrogen-bond acceptors (Lipinski definition) is 4. The number of nitrogens with zero attached hydrogens (tertiary/aromatic N) is 1. The average molecular weight is 322 g/mol. The minimum atomic E-state index is -3.46. The minimum absolute atomic E-state index is 0.366. The number of thiophene rings is 1. The molecule has 112 valence electrons. The Hall–Kier alpha value is -1.37. The third-order valence-corrected chi connectivity index (χ3v) is 6.57. The molecule has 21 heavy (non-hydrogen) atoms. The number of benzene rings is 1. The van der Waals surface area contributed by atoms with Gasteiger partial charge in [0.1, 0.15) is 4.90 Å². The molecule has 1 N–H and O–H groups in total. The molecule has 4 nitrogen and oxygen atoms in total. The first kappa shape index (κ1) is 14.6. The zero-order chi connectivity index (χ0) is 14.9. The first-order valence-corrected chi connectivity index (χ1v) is 9.33. The Bertz CT molecular complexity index is 738. The lowest BCUT2D eigenvalue weighted by molar-refractivity contribution is 0.394. The van der Waals surface area contributed by atoms with Crippen LogP contribution in [0.4, 0.5) is 5.69 Å². The summed E-state index contributed by atoms with van der Waals surface area (Å²) in [5, 5.41) is 5.17. The normalized spacial score (nSPS) is 15.7. The SMILES string of the molecule is CCNc1ccccc1S(=O)(=O)N1CCc2sccc2C1. The summed E-state index contributed by atoms with van der Waals surface area (Å²) in [6.07, 6.45) is 0.801. The number of fused-ring (bicyclic) bond motifs is 1. The molecule has 0 saturated heterocycles. The van der Waals surface area contributed by atoms with E-state index in [1.54, 1.807) is 27.8 Å². The van der Waals surface area contributed by atoms with E-state index < -0.39 is 10.0 Å². The summed E-state index contributed by atoms with van der Waals surface area (Å²) in [4.78, 5) is 1.67. The largest absolute Gasteiger partial charge is 0.384 e. The summed E-state index contributed by atoms with van der Waals surface area (Å²) < 4.78 is 27.4. The van der Waals surface area contributed by atoms with Gasteiger partial charge in [0.25, 0.3) is 0 Å². The summed E-state index contributed by atoms with van der Waals surface area (Å²) in [5.41, 5.74) is 1.81. The van der Waals surface area contributed by atoms with Crippen LogP contribution in [0.15, 0.2) is 40.6 Å². The van der Waals surface area contributed by atoms with Crippen molar-refractivity contribution in [2.24, 2.45) is 0 Å². The molecule has 6 heteroatoms. The smallest absolute Gasteiger partial charge is 0.245 e. The number of hydrogen-bond donors (Lipinski definition) is 1. The molecule has 1 aliphatic rings. The van der Waals surface area contributed by atoms with Gasteiger partial charge in [0.15, 0.2) is 0 Å². The first-order valence-electron chi connectivity index (χ1n) is 7.01. The number of rotatable bonds is 4. The number of para-hydroxylation sites is 1. The number of nitrogens with one attached hydrogen (secondary N) is 1. The predicted molar refractivity (Wildman–Crippen MR) is 86.2 cm³/mol. The van der Waals surface area contributed by atoms with E-state index in [2.05, 4.69) is 5.32 Å². The fourth-order valence-corrected chi connectivity index (χ4v) is 5.07. The van der Waals surface area contributed by atoms with Gasteiger partial charge in [0.05, 0.1) is 5.69 Å². The molecule has 0 atom stereocenters. The summed E-state index contributed by atoms with van der Waals surface area (Å²) in [7, 11) is -3.46. The average Bonchev–Trinajstić information content (AvgIpc) is 2.95. The molecular weight excluding hydrogens is 304 g/mol. The van der Waals surface area contributed by atoms with Gasteiger partial charge in [-0.2, -0.15) is 4.31 Å². The van der Waals surface area contributed by atoms with E-state index >= 15 is 0 Å². The van der Waals surface area contributed by atoms with Crippen LogP contribution in [-0.4, -0.2) is 25.8 Å². The van der Waals surface area contributed by atoms with E-state index in [1.165, 1.54) is 4.88 Å². The number of anilines is 1. The lowest BCUT2D eigenvalue weighted by atomic mass is 10.1. The van der Waals surface area contributed by atoms with Crippen LogP contribution in [0.5, 0.6) is 0 Å². The zero-order valence-corrected chi connectivity index (χ0v) is 13.5. The van der Waals surface area contributed by atoms with Gasteiger partial charge in [-0.05, 0) is 42.5 Å². The van der Waals surface area contributed by atoms with Crippen molar-refractivity contribution >= 4 is 27.0 Å². The Balaban J connectivity index is 1.95. The molecule has 0 fully saturated rings. The predicted octanol–water partition coefficient (Wildman–Crippen LogP) is 2.93. The maximum Gasteiger partial charge on any atom is 0.245 e. The Morgan fingerprint density at radius 1 is 1.29 bits per heavy atom. The van der Waals surface area contributed by atoms with Crippen molar-refractivity contribution in [3.8, 4) is 0 Å². The molecule has 0 saturated carbocycles. The molecule has 2 aromatic rings. The summed E-state index contributed by atoms with van der Waals surface area (Å²) in [6.45, 7) is 3.68. The zero-order valence-electron chi connectivity index (χ0n) is 11.9. The topological polar surface area (TPSA) is 49.4 Å². The van der Waals surface area contributed by atoms with Crippen LogP contribution < -0.4 is 5.32 Å². The van der Waals surface area contributed by atoms with Crippen molar-refractivity contribution in [2.45, 2.75) is 24.8 Å². The third kappa shape index (κ3) is 2.71. The van der Waals surface area contributed by atoms with Crippen molar-refractivity contribution in [1.82, 2.24) is 4.31 Å². The van der Waals surface area contributed by atoms with E-state index in [0.29, 0.717) is 30.2 Å². The summed E-state index contributed by atoms with van der Waals surface area (Å²) in [6, 6.07) is 9.14. The van der Waals surface area contributed by atoms with Gasteiger partial charge in [0.2, 0.25) is 10.0 Å². The highest BCUT2D eigenvalue weighted by atomic mass is 32.2. The van der Waals surface area contributed by atoms with Gasteiger partial charge in [0, 0.05) is 24.5 Å². The first-order chi connectivity index (χ1) is 10.1. The summed E-state index contributed by atoms with van der Waals surface area (Å²) >= 11 is 1.71. The van der Waals surface area contributed by atoms with Gasteiger partial charge in [-0.25, -0.2) is 8.42 Å². The molecule has 0 spiro atoms. The number of sulfonamides is 1. The van der Waals surface area contributed by atoms with E-state index in [9.17, 15) is 8.42 Å². The Morgan fingerprint density at radius 2 is 2.10 bits per heavy atom. The molecule has 0 unspecified atom stereocenters. The lowest BCUT2D eigenvalue weighted by Crippen LogP contribution is -2.35. The fourth-order valence-electron chi connectivity index (χ4n) is 2.59. The molecule has 1 aromatic carbocycles. The van der Waals surface area contributed by atoms with Gasteiger partial charge in [-0.15, -0.1) is 11.3 Å². The van der Waals surface area contributed by atoms with Crippen LogP contribution >= 0.6 is 11.3 Å². The van der Waals surface area contributed by atoms with Crippen LogP contribution in [0, 0.1) is 0 Å². The van der Waals surface area contributed by atoms with E-state index in [-0.39, 0.29) is 0 Å². The Labute approximate surface area is 129 Å². The Kier molecular flexibility index (Phi) is 4.01. The van der Waals surface area contributed by atoms with Crippen molar-refractivity contribution in [1.29, 1.82) is 0 Å². The maximum absolute atomic E-state index is 12.9. The van der Waals surface area contributed by atoms with Crippen molar-refractivity contribution in [2.75, 3.05) is 18.4 Å². The maximum atomic E-state index is 12.9. The van der Waals surface area contributed by atoms with Crippen molar-refractivity contribution in [3.63, 3.8) is 0 Å². The van der Waals surface area contributed by atoms with Crippen LogP contribution in [0.2, 0.25) is 0 Å². The molecule has 2 heterocycles. The standard InChI is InChI=1S/C15H18N2O2S2/c1-2-16-13-5-3-4-6-15(13)21(18,19)17-9-7-14-12(11-17)8-10-20-14/h3-6,8,10,16H,2,7,9,11H2,1H3. The molecule has 0 amide bonds. The molecule has 0 radical (unpaired) electrons. The monoisotopic (exact) mass is 322 g/mol. The van der Waals surface area contributed by atoms with Crippen LogP contribution in [0.3, 0.4) is 0 Å². The van der Waals surface area contributed by atoms with E-state index in [1.807, 2.05) is 30.5 Å². The second-order valence-corrected chi connectivity index (χ2v) is 7.89. The van der Waals surface area contributed by atoms with Crippen molar-refractivity contribution in [3.05, 3.63) is 46.2 Å². The quantitative estimate of drug-likeness (QED) is 0.941. The second-order valence-electron chi connectivity index (χ2n) is 4.98. The van der Waals surface area contributed by atoms with E-state index in [4.69, 9.17) is 0 Å². The lowest BCUT2D eigenvalue weighted by Gasteiger charge is -2.27. The fraction of sp³-hybridized carbons (Fsp3) is 0.333. The summed E-state index contributed by atoms with van der Waals surface area (Å²) in [5.74, 6) is 0. The van der Waals surface area contributed by atoms with Crippen molar-refractivity contribution < 1.29 is 8.42 Å². The van der Waals surface area contributed by atoms with Gasteiger partial charge in [-0.1, -0.05) is 12.1 Å². The minimum Gasteiger partial charge on any atom is -0.384 e. The van der Waals surface area contributed by atoms with Gasteiger partial charge < -0.3 is 5.32 Å². The second kappa shape index (κ2) is 5.79. The van der Waals surface area contributed by atoms with Gasteiger partial charge >= 0.3 is 0 Å². The Morgan fingerprint density at radius 3 is 2.90 bits per heavy atom. The highest BCUT2D eigenvalue weighted by Gasteiger charge is 2.30. The highest BCUT2D eigenvalue weighted by Crippen LogP contribution is 2.30. The molecule has 0 bridgehead atoms.